The molecule has 3 aromatic carbocycles. The van der Waals surface area contributed by atoms with Crippen molar-refractivity contribution < 1.29 is 27.5 Å². The predicted molar refractivity (Wildman–Crippen MR) is 223 cm³/mol. The Bertz CT molecular complexity index is 2010. The largest absolute Gasteiger partial charge is 0.495 e. The summed E-state index contributed by atoms with van der Waals surface area (Å²) in [7, 11) is -2.45. The number of nitrogens with one attached hydrogen (secondary N) is 3. The highest BCUT2D eigenvalue weighted by molar-refractivity contribution is 7.89. The van der Waals surface area contributed by atoms with Gasteiger partial charge in [-0.1, -0.05) is 103 Å². The number of hydrogen-bond acceptors (Lipinski definition) is 7. The summed E-state index contributed by atoms with van der Waals surface area (Å²) in [4.78, 5) is 39.9. The first-order valence-corrected chi connectivity index (χ1v) is 21.5. The van der Waals surface area contributed by atoms with Crippen LogP contribution in [-0.2, 0) is 26.0 Å². The number of carbonyl (C=O) groups is 2. The number of rotatable bonds is 25. The Morgan fingerprint density at radius 1 is 0.804 bits per heavy atom. The fourth-order valence-corrected chi connectivity index (χ4v) is 7.68. The van der Waals surface area contributed by atoms with Crippen molar-refractivity contribution in [3.63, 3.8) is 0 Å². The lowest BCUT2D eigenvalue weighted by molar-refractivity contribution is -0.118. The Morgan fingerprint density at radius 3 is 2.05 bits per heavy atom. The number of nitrogens with zero attached hydrogens (tertiary/aromatic N) is 2. The second kappa shape index (κ2) is 22.6. The van der Waals surface area contributed by atoms with Crippen molar-refractivity contribution in [1.29, 1.82) is 0 Å². The van der Waals surface area contributed by atoms with E-state index in [1.807, 2.05) is 18.2 Å². The molecular weight excluding hydrogens is 731 g/mol. The first-order valence-electron chi connectivity index (χ1n) is 20.0. The zero-order chi connectivity index (χ0) is 40.3. The summed E-state index contributed by atoms with van der Waals surface area (Å²) in [5, 5.41) is 5.75. The zero-order valence-electron chi connectivity index (χ0n) is 33.4. The molecule has 1 aromatic heterocycles. The van der Waals surface area contributed by atoms with Crippen LogP contribution in [0.1, 0.15) is 110 Å². The van der Waals surface area contributed by atoms with Crippen molar-refractivity contribution in [3.8, 4) is 17.2 Å². The van der Waals surface area contributed by atoms with Crippen molar-refractivity contribution in [2.24, 2.45) is 0 Å². The molecule has 4 rings (SSSR count). The van der Waals surface area contributed by atoms with Gasteiger partial charge in [-0.2, -0.15) is 0 Å². The minimum atomic E-state index is -3.85. The molecule has 0 spiro atoms. The monoisotopic (exact) mass is 789 g/mol. The van der Waals surface area contributed by atoms with E-state index in [-0.39, 0.29) is 41.2 Å². The summed E-state index contributed by atoms with van der Waals surface area (Å²) in [6.07, 6.45) is 18.2. The maximum absolute atomic E-state index is 13.1. The number of aromatic nitrogens is 2. The number of aromatic amines is 1. The molecule has 0 aliphatic heterocycles. The van der Waals surface area contributed by atoms with E-state index in [0.717, 1.165) is 12.8 Å². The van der Waals surface area contributed by atoms with E-state index in [1.54, 1.807) is 31.2 Å². The zero-order valence-corrected chi connectivity index (χ0v) is 34.2. The molecule has 0 saturated carbocycles. The Hall–Kier alpha value is -4.88. The number of unbranched alkanes of at least 4 members (excludes halogenated alkanes) is 12. The van der Waals surface area contributed by atoms with Crippen LogP contribution < -0.4 is 30.0 Å². The number of hydrogen-bond donors (Lipinski definition) is 3. The number of sulfonamides is 1. The second-order valence-corrected chi connectivity index (χ2v) is 15.8. The normalized spacial score (nSPS) is 11.4. The highest BCUT2D eigenvalue weighted by Crippen LogP contribution is 2.35. The number of methoxy groups -OCH3 is 1. The fraction of sp³-hybridized carbons (Fsp3) is 0.465. The van der Waals surface area contributed by atoms with Gasteiger partial charge in [0.25, 0.3) is 11.5 Å². The molecule has 2 amide bonds. The molecule has 3 N–H and O–H groups in total. The molecule has 0 aliphatic rings. The second-order valence-electron chi connectivity index (χ2n) is 14.0. The average Bonchev–Trinajstić information content (AvgIpc) is 3.56. The van der Waals surface area contributed by atoms with Gasteiger partial charge < -0.3 is 14.8 Å². The van der Waals surface area contributed by atoms with Gasteiger partial charge in [-0.05, 0) is 73.0 Å². The molecule has 0 bridgehead atoms. The number of carbonyl (C=O) groups excluding carboxylic acids is 2. The van der Waals surface area contributed by atoms with Gasteiger partial charge in [-0.25, -0.2) is 17.8 Å². The minimum absolute atomic E-state index is 0.0695. The summed E-state index contributed by atoms with van der Waals surface area (Å²) >= 11 is 0. The van der Waals surface area contributed by atoms with Crippen LogP contribution >= 0.6 is 0 Å². The number of aryl methyl sites for hydroxylation is 1. The third-order valence-corrected chi connectivity index (χ3v) is 11.1. The maximum Gasteiger partial charge on any atom is 0.273 e. The first kappa shape index (κ1) is 43.8. The quantitative estimate of drug-likeness (QED) is 0.0568. The molecule has 0 saturated heterocycles. The van der Waals surface area contributed by atoms with Gasteiger partial charge in [0.15, 0.2) is 6.61 Å². The van der Waals surface area contributed by atoms with Crippen LogP contribution in [0.2, 0.25) is 0 Å². The van der Waals surface area contributed by atoms with Crippen LogP contribution in [0.25, 0.3) is 5.69 Å². The van der Waals surface area contributed by atoms with E-state index in [9.17, 15) is 22.8 Å². The third-order valence-electron chi connectivity index (χ3n) is 9.55. The number of H-pyrrole nitrogens is 1. The van der Waals surface area contributed by atoms with E-state index in [0.29, 0.717) is 17.1 Å². The van der Waals surface area contributed by atoms with Crippen LogP contribution in [0.5, 0.6) is 11.5 Å². The molecule has 1 heterocycles. The lowest BCUT2D eigenvalue weighted by Gasteiger charge is -2.22. The van der Waals surface area contributed by atoms with Crippen LogP contribution in [0.15, 0.2) is 82.5 Å². The topological polar surface area (TPSA) is 152 Å². The van der Waals surface area contributed by atoms with Crippen LogP contribution in [0.3, 0.4) is 0 Å². The number of benzene rings is 3. The summed E-state index contributed by atoms with van der Waals surface area (Å²) in [6.45, 7) is 5.23. The van der Waals surface area contributed by atoms with Gasteiger partial charge in [-0.15, -0.1) is 0 Å². The van der Waals surface area contributed by atoms with Crippen molar-refractivity contribution in [2.45, 2.75) is 116 Å². The molecule has 0 radical (unpaired) electrons. The molecule has 304 valence electrons. The fourth-order valence-electron chi connectivity index (χ4n) is 6.62. The Kier molecular flexibility index (Phi) is 17.7. The molecule has 4 aromatic rings. The smallest absolute Gasteiger partial charge is 0.273 e. The number of ether oxygens (including phenoxy) is 2. The molecule has 0 fully saturated rings. The molecule has 56 heavy (non-hydrogen) atoms. The predicted octanol–water partition coefficient (Wildman–Crippen LogP) is 8.81. The van der Waals surface area contributed by atoms with Gasteiger partial charge >= 0.3 is 0 Å². The van der Waals surface area contributed by atoms with Crippen LogP contribution in [0, 0.1) is 0 Å². The van der Waals surface area contributed by atoms with Crippen LogP contribution in [-0.4, -0.2) is 50.3 Å². The molecular formula is C43H59N5O7S. The Morgan fingerprint density at radius 2 is 1.45 bits per heavy atom. The van der Waals surface area contributed by atoms with E-state index in [2.05, 4.69) is 28.1 Å². The Balaban J connectivity index is 1.26. The van der Waals surface area contributed by atoms with Gasteiger partial charge in [0.2, 0.25) is 15.9 Å². The Labute approximate surface area is 332 Å². The van der Waals surface area contributed by atoms with E-state index in [4.69, 9.17) is 9.47 Å². The summed E-state index contributed by atoms with van der Waals surface area (Å²) < 4.78 is 40.3. The van der Waals surface area contributed by atoms with Crippen molar-refractivity contribution in [2.75, 3.05) is 30.5 Å². The van der Waals surface area contributed by atoms with Crippen molar-refractivity contribution in [3.05, 3.63) is 88.7 Å². The number of amides is 2. The standard InChI is InChI=1S/C43H59N5O7S/c1-5-7-8-9-10-11-12-13-14-15-16-17-18-20-34-21-19-22-37(29-34)55-32-42(50)45-35-23-25-36(26-24-35)48-43(51)31-41(46-48)47(33(3)49)39-30-38(27-28-40(39)54-4)56(52,53)44-6-2/h19,21-31,44,46H,5-18,20,32H2,1-4H3,(H,45,50). The van der Waals surface area contributed by atoms with Crippen molar-refractivity contribution >= 4 is 39.0 Å². The highest BCUT2D eigenvalue weighted by atomic mass is 32.2. The third kappa shape index (κ3) is 13.4. The van der Waals surface area contributed by atoms with E-state index >= 15 is 0 Å². The lowest BCUT2D eigenvalue weighted by Crippen LogP contribution is -2.26. The summed E-state index contributed by atoms with van der Waals surface area (Å²) in [6, 6.07) is 19.8. The highest BCUT2D eigenvalue weighted by Gasteiger charge is 2.24. The molecule has 0 aliphatic carbocycles. The minimum Gasteiger partial charge on any atom is -0.495 e. The first-order chi connectivity index (χ1) is 27.1. The number of anilines is 3. The van der Waals surface area contributed by atoms with Gasteiger partial charge in [0.1, 0.15) is 17.3 Å². The molecule has 13 heteroatoms. The molecule has 0 atom stereocenters. The summed E-state index contributed by atoms with van der Waals surface area (Å²) in [5.74, 6) is 0.153. The van der Waals surface area contributed by atoms with Gasteiger partial charge in [0, 0.05) is 25.2 Å². The SMILES string of the molecule is CCCCCCCCCCCCCCCc1cccc(OCC(=O)Nc2ccc(-n3[nH]c(N(C(C)=O)c4cc(S(=O)(=O)NCC)ccc4OC)cc3=O)cc2)c1. The molecule has 12 nitrogen and oxygen atoms in total. The average molecular weight is 790 g/mol. The van der Waals surface area contributed by atoms with E-state index < -0.39 is 21.5 Å². The molecule has 0 unspecified atom stereocenters. The van der Waals surface area contributed by atoms with Gasteiger partial charge in [-0.3, -0.25) is 24.4 Å². The summed E-state index contributed by atoms with van der Waals surface area (Å²) in [5.41, 5.74) is 1.81. The van der Waals surface area contributed by atoms with Crippen molar-refractivity contribution in [1.82, 2.24) is 14.5 Å². The lowest BCUT2D eigenvalue weighted by atomic mass is 10.0. The van der Waals surface area contributed by atoms with Gasteiger partial charge in [0.05, 0.1) is 23.4 Å². The van der Waals surface area contributed by atoms with E-state index in [1.165, 1.54) is 130 Å². The maximum atomic E-state index is 13.1. The van der Waals surface area contributed by atoms with Crippen LogP contribution in [0.4, 0.5) is 17.2 Å².